The van der Waals surface area contributed by atoms with Crippen LogP contribution in [0.2, 0.25) is 5.15 Å². The molecule has 0 radical (unpaired) electrons. The number of hydrogen-bond donors (Lipinski definition) is 0. The van der Waals surface area contributed by atoms with Gasteiger partial charge in [-0.15, -0.1) is 0 Å². The number of hydrogen-bond acceptors (Lipinski definition) is 2. The molecule has 3 rings (SSSR count). The molecule has 1 aromatic heterocycles. The Balaban J connectivity index is 2.20. The number of oxazole rings is 1. The van der Waals surface area contributed by atoms with Gasteiger partial charge in [-0.2, -0.15) is 0 Å². The average Bonchev–Trinajstić information content (AvgIpc) is 2.76. The third kappa shape index (κ3) is 2.09. The molecule has 0 fully saturated rings. The Kier molecular flexibility index (Phi) is 2.97. The van der Waals surface area contributed by atoms with Gasteiger partial charge in [-0.1, -0.05) is 60.1 Å². The molecule has 0 N–H and O–H groups in total. The maximum absolute atomic E-state index is 11.9. The minimum atomic E-state index is -0.491. The Hall–Kier alpha value is -2.26. The second-order valence-corrected chi connectivity index (χ2v) is 4.38. The monoisotopic (exact) mass is 271 g/mol. The van der Waals surface area contributed by atoms with Crippen LogP contribution in [-0.2, 0) is 0 Å². The van der Waals surface area contributed by atoms with E-state index in [1.807, 2.05) is 48.5 Å². The lowest BCUT2D eigenvalue weighted by Crippen LogP contribution is -2.11. The Labute approximate surface area is 114 Å². The summed E-state index contributed by atoms with van der Waals surface area (Å²) in [5.41, 5.74) is 1.46. The summed E-state index contributed by atoms with van der Waals surface area (Å²) >= 11 is 6.27. The first kappa shape index (κ1) is 11.8. The van der Waals surface area contributed by atoms with Crippen molar-refractivity contribution in [1.29, 1.82) is 0 Å². The van der Waals surface area contributed by atoms with E-state index in [-0.39, 0.29) is 5.15 Å². The van der Waals surface area contributed by atoms with Crippen molar-refractivity contribution in [3.63, 3.8) is 0 Å². The predicted molar refractivity (Wildman–Crippen MR) is 74.8 cm³/mol. The van der Waals surface area contributed by atoms with Crippen LogP contribution in [0.25, 0.3) is 17.0 Å². The van der Waals surface area contributed by atoms with E-state index in [4.69, 9.17) is 16.0 Å². The number of benzene rings is 2. The van der Waals surface area contributed by atoms with Crippen molar-refractivity contribution in [2.45, 2.75) is 0 Å². The van der Waals surface area contributed by atoms with E-state index < -0.39 is 5.76 Å². The van der Waals surface area contributed by atoms with Crippen LogP contribution in [0.3, 0.4) is 0 Å². The highest BCUT2D eigenvalue weighted by molar-refractivity contribution is 6.32. The summed E-state index contributed by atoms with van der Waals surface area (Å²) in [4.78, 5) is 11.9. The van der Waals surface area contributed by atoms with E-state index in [9.17, 15) is 4.79 Å². The molecule has 0 aliphatic heterocycles. The number of halogens is 1. The quantitative estimate of drug-likeness (QED) is 0.711. The van der Waals surface area contributed by atoms with Crippen molar-refractivity contribution in [3.8, 4) is 17.0 Å². The normalized spacial score (nSPS) is 10.6. The zero-order valence-electron chi connectivity index (χ0n) is 9.92. The molecule has 0 atom stereocenters. The first-order valence-electron chi connectivity index (χ1n) is 5.79. The molecule has 0 aliphatic carbocycles. The fourth-order valence-electron chi connectivity index (χ4n) is 1.92. The third-order valence-corrected chi connectivity index (χ3v) is 3.15. The molecule has 3 nitrogen and oxygen atoms in total. The Morgan fingerprint density at radius 1 is 0.895 bits per heavy atom. The van der Waals surface area contributed by atoms with Gasteiger partial charge in [0.15, 0.2) is 10.9 Å². The lowest BCUT2D eigenvalue weighted by Gasteiger charge is -2.01. The fourth-order valence-corrected chi connectivity index (χ4v) is 2.23. The van der Waals surface area contributed by atoms with Crippen LogP contribution < -0.4 is 5.76 Å². The van der Waals surface area contributed by atoms with Gasteiger partial charge in [0, 0.05) is 5.56 Å². The maximum Gasteiger partial charge on any atom is 0.425 e. The Bertz CT molecular complexity index is 745. The van der Waals surface area contributed by atoms with Crippen LogP contribution in [-0.4, -0.2) is 4.57 Å². The minimum Gasteiger partial charge on any atom is -0.406 e. The fraction of sp³-hybridized carbons (Fsp3) is 0. The topological polar surface area (TPSA) is 35.1 Å². The second kappa shape index (κ2) is 4.78. The van der Waals surface area contributed by atoms with Gasteiger partial charge in [0.25, 0.3) is 0 Å². The number of aromatic nitrogens is 1. The first-order chi connectivity index (χ1) is 9.27. The van der Waals surface area contributed by atoms with Crippen molar-refractivity contribution in [2.75, 3.05) is 0 Å². The van der Waals surface area contributed by atoms with E-state index in [1.165, 1.54) is 4.57 Å². The standard InChI is InChI=1S/C15H10ClNO2/c16-14-13(11-7-3-1-4-8-11)19-15(18)17(14)12-9-5-2-6-10-12/h1-10H. The van der Waals surface area contributed by atoms with Gasteiger partial charge in [-0.05, 0) is 12.1 Å². The van der Waals surface area contributed by atoms with Gasteiger partial charge in [0.05, 0.1) is 5.69 Å². The van der Waals surface area contributed by atoms with Crippen molar-refractivity contribution in [1.82, 2.24) is 4.57 Å². The van der Waals surface area contributed by atoms with E-state index in [1.54, 1.807) is 12.1 Å². The van der Waals surface area contributed by atoms with Gasteiger partial charge >= 0.3 is 5.76 Å². The Morgan fingerprint density at radius 3 is 2.11 bits per heavy atom. The summed E-state index contributed by atoms with van der Waals surface area (Å²) in [5.74, 6) is -0.105. The van der Waals surface area contributed by atoms with Crippen LogP contribution in [0.4, 0.5) is 0 Å². The van der Waals surface area contributed by atoms with E-state index in [0.29, 0.717) is 11.4 Å². The summed E-state index contributed by atoms with van der Waals surface area (Å²) in [7, 11) is 0. The summed E-state index contributed by atoms with van der Waals surface area (Å²) < 4.78 is 6.61. The number of rotatable bonds is 2. The van der Waals surface area contributed by atoms with Gasteiger partial charge in [-0.25, -0.2) is 9.36 Å². The van der Waals surface area contributed by atoms with E-state index in [2.05, 4.69) is 0 Å². The highest BCUT2D eigenvalue weighted by Gasteiger charge is 2.17. The Morgan fingerprint density at radius 2 is 1.47 bits per heavy atom. The lowest BCUT2D eigenvalue weighted by atomic mass is 10.2. The van der Waals surface area contributed by atoms with Crippen LogP contribution in [0.5, 0.6) is 0 Å². The maximum atomic E-state index is 11.9. The molecule has 19 heavy (non-hydrogen) atoms. The predicted octanol–water partition coefficient (Wildman–Crippen LogP) is 3.75. The summed E-state index contributed by atoms with van der Waals surface area (Å²) in [6.45, 7) is 0. The largest absolute Gasteiger partial charge is 0.425 e. The van der Waals surface area contributed by atoms with Crippen LogP contribution in [0.1, 0.15) is 0 Å². The van der Waals surface area contributed by atoms with Gasteiger partial charge in [0.2, 0.25) is 0 Å². The molecular weight excluding hydrogens is 262 g/mol. The molecule has 0 spiro atoms. The number of nitrogens with zero attached hydrogens (tertiary/aromatic N) is 1. The summed E-state index contributed by atoms with van der Waals surface area (Å²) in [5, 5.41) is 0.280. The van der Waals surface area contributed by atoms with Crippen molar-refractivity contribution in [3.05, 3.63) is 76.4 Å². The highest BCUT2D eigenvalue weighted by atomic mass is 35.5. The van der Waals surface area contributed by atoms with Crippen molar-refractivity contribution < 1.29 is 4.42 Å². The molecule has 4 heteroatoms. The molecule has 0 saturated heterocycles. The van der Waals surface area contributed by atoms with Crippen molar-refractivity contribution >= 4 is 11.6 Å². The molecule has 94 valence electrons. The van der Waals surface area contributed by atoms with Crippen molar-refractivity contribution in [2.24, 2.45) is 0 Å². The average molecular weight is 272 g/mol. The third-order valence-electron chi connectivity index (χ3n) is 2.81. The molecule has 0 saturated carbocycles. The van der Waals surface area contributed by atoms with E-state index >= 15 is 0 Å². The molecule has 0 bridgehead atoms. The molecule has 0 amide bonds. The van der Waals surface area contributed by atoms with Crippen LogP contribution in [0, 0.1) is 0 Å². The molecule has 2 aromatic carbocycles. The van der Waals surface area contributed by atoms with Gasteiger partial charge in [-0.3, -0.25) is 0 Å². The molecule has 0 aliphatic rings. The summed E-state index contributed by atoms with van der Waals surface area (Å²) in [6, 6.07) is 18.5. The molecule has 3 aromatic rings. The molecule has 1 heterocycles. The van der Waals surface area contributed by atoms with Crippen LogP contribution >= 0.6 is 11.6 Å². The number of para-hydroxylation sites is 1. The minimum absolute atomic E-state index is 0.280. The smallest absolute Gasteiger partial charge is 0.406 e. The van der Waals surface area contributed by atoms with Gasteiger partial charge < -0.3 is 4.42 Å². The summed E-state index contributed by atoms with van der Waals surface area (Å²) in [6.07, 6.45) is 0. The SMILES string of the molecule is O=c1oc(-c2ccccc2)c(Cl)n1-c1ccccc1. The molecular formula is C15H10ClNO2. The first-order valence-corrected chi connectivity index (χ1v) is 6.17. The van der Waals surface area contributed by atoms with Gasteiger partial charge in [0.1, 0.15) is 0 Å². The van der Waals surface area contributed by atoms with E-state index in [0.717, 1.165) is 5.56 Å². The zero-order valence-corrected chi connectivity index (χ0v) is 10.7. The van der Waals surface area contributed by atoms with Crippen LogP contribution in [0.15, 0.2) is 69.9 Å². The lowest BCUT2D eigenvalue weighted by molar-refractivity contribution is 0.516. The second-order valence-electron chi connectivity index (χ2n) is 4.02. The molecule has 0 unspecified atom stereocenters. The highest BCUT2D eigenvalue weighted by Crippen LogP contribution is 2.28. The zero-order chi connectivity index (χ0) is 13.2.